The Labute approximate surface area is 159 Å². The molecular weight excluding hydrogens is 318 g/mol. The lowest BCUT2D eigenvalue weighted by atomic mass is 10.0. The number of carbonyl (C=O) groups is 1. The number of aldehydes is 1. The second-order valence-corrected chi connectivity index (χ2v) is 7.08. The Morgan fingerprint density at radius 2 is 1.23 bits per heavy atom. The van der Waals surface area contributed by atoms with E-state index in [0.717, 1.165) is 24.1 Å². The molecule has 0 fully saturated rings. The molecule has 0 aliphatic heterocycles. The molecule has 2 aromatic rings. The highest BCUT2D eigenvalue weighted by Gasteiger charge is 1.96. The van der Waals surface area contributed by atoms with Crippen LogP contribution in [0.5, 0.6) is 0 Å². The first-order valence-electron chi connectivity index (χ1n) is 10.2. The third kappa shape index (κ3) is 8.84. The highest BCUT2D eigenvalue weighted by Crippen LogP contribution is 2.13. The van der Waals surface area contributed by atoms with E-state index >= 15 is 0 Å². The van der Waals surface area contributed by atoms with Crippen molar-refractivity contribution in [2.45, 2.75) is 64.2 Å². The van der Waals surface area contributed by atoms with E-state index in [4.69, 9.17) is 0 Å². The maximum atomic E-state index is 10.6. The van der Waals surface area contributed by atoms with E-state index < -0.39 is 0 Å². The summed E-state index contributed by atoms with van der Waals surface area (Å²) < 4.78 is 0. The van der Waals surface area contributed by atoms with Crippen LogP contribution in [0.3, 0.4) is 0 Å². The molecule has 0 saturated carbocycles. The molecule has 0 heterocycles. The molecule has 1 N–H and O–H groups in total. The van der Waals surface area contributed by atoms with Crippen molar-refractivity contribution in [3.05, 3.63) is 65.7 Å². The van der Waals surface area contributed by atoms with Crippen LogP contribution in [0.2, 0.25) is 0 Å². The van der Waals surface area contributed by atoms with Crippen LogP contribution >= 0.6 is 0 Å². The summed E-state index contributed by atoms with van der Waals surface area (Å²) in [6.07, 6.45) is 14.2. The zero-order valence-electron chi connectivity index (χ0n) is 16.0. The summed E-state index contributed by atoms with van der Waals surface area (Å²) in [5.74, 6) is 0. The highest BCUT2D eigenvalue weighted by atomic mass is 16.1. The number of benzene rings is 2. The number of hydrogen-bond acceptors (Lipinski definition) is 2. The molecule has 0 saturated heterocycles. The summed E-state index contributed by atoms with van der Waals surface area (Å²) in [5, 5.41) is 3.42. The van der Waals surface area contributed by atoms with Crippen molar-refractivity contribution in [3.63, 3.8) is 0 Å². The van der Waals surface area contributed by atoms with Gasteiger partial charge in [-0.05, 0) is 49.1 Å². The van der Waals surface area contributed by atoms with Gasteiger partial charge in [-0.25, -0.2) is 0 Å². The lowest BCUT2D eigenvalue weighted by Gasteiger charge is -2.06. The molecular formula is C24H33NO. The first-order chi connectivity index (χ1) is 12.9. The van der Waals surface area contributed by atoms with Gasteiger partial charge in [0, 0.05) is 17.8 Å². The summed E-state index contributed by atoms with van der Waals surface area (Å²) in [7, 11) is 0. The van der Waals surface area contributed by atoms with Crippen LogP contribution in [-0.4, -0.2) is 12.8 Å². The lowest BCUT2D eigenvalue weighted by molar-refractivity contribution is 0.112. The molecule has 0 atom stereocenters. The Hall–Kier alpha value is -2.09. The molecule has 2 aromatic carbocycles. The molecule has 0 unspecified atom stereocenters. The zero-order valence-corrected chi connectivity index (χ0v) is 16.0. The molecule has 2 rings (SSSR count). The van der Waals surface area contributed by atoms with Crippen molar-refractivity contribution in [2.75, 3.05) is 11.9 Å². The van der Waals surface area contributed by atoms with Crippen molar-refractivity contribution in [2.24, 2.45) is 0 Å². The van der Waals surface area contributed by atoms with Gasteiger partial charge in [0.25, 0.3) is 0 Å². The monoisotopic (exact) mass is 351 g/mol. The van der Waals surface area contributed by atoms with Gasteiger partial charge in [0.05, 0.1) is 0 Å². The van der Waals surface area contributed by atoms with Crippen molar-refractivity contribution in [1.82, 2.24) is 0 Å². The van der Waals surface area contributed by atoms with Crippen LogP contribution in [-0.2, 0) is 6.42 Å². The number of hydrogen-bond donors (Lipinski definition) is 1. The van der Waals surface area contributed by atoms with Gasteiger partial charge < -0.3 is 5.32 Å². The summed E-state index contributed by atoms with van der Waals surface area (Å²) in [6.45, 7) is 1.01. The Kier molecular flexibility index (Phi) is 10.2. The second-order valence-electron chi connectivity index (χ2n) is 7.08. The molecule has 0 bridgehead atoms. The molecule has 140 valence electrons. The maximum Gasteiger partial charge on any atom is 0.150 e. The number of aryl methyl sites for hydroxylation is 1. The maximum absolute atomic E-state index is 10.6. The molecule has 0 aromatic heterocycles. The van der Waals surface area contributed by atoms with Crippen molar-refractivity contribution >= 4 is 12.0 Å². The minimum Gasteiger partial charge on any atom is -0.385 e. The Morgan fingerprint density at radius 1 is 0.654 bits per heavy atom. The standard InChI is InChI=1S/C24H33NO/c26-21-23-16-18-24(19-17-23)25-20-12-7-5-3-1-2-4-6-9-13-22-14-10-8-11-15-22/h8,10-11,14-19,21,25H,1-7,9,12-13,20H2. The van der Waals surface area contributed by atoms with Crippen LogP contribution in [0.25, 0.3) is 0 Å². The molecule has 0 spiro atoms. The summed E-state index contributed by atoms with van der Waals surface area (Å²) >= 11 is 0. The number of anilines is 1. The van der Waals surface area contributed by atoms with E-state index in [-0.39, 0.29) is 0 Å². The largest absolute Gasteiger partial charge is 0.385 e. The summed E-state index contributed by atoms with van der Waals surface area (Å²) in [6, 6.07) is 18.5. The minimum atomic E-state index is 0.732. The van der Waals surface area contributed by atoms with E-state index in [1.807, 2.05) is 24.3 Å². The van der Waals surface area contributed by atoms with Crippen LogP contribution < -0.4 is 5.32 Å². The lowest BCUT2D eigenvalue weighted by Crippen LogP contribution is -2.01. The quantitative estimate of drug-likeness (QED) is 0.304. The van der Waals surface area contributed by atoms with Gasteiger partial charge in [-0.3, -0.25) is 4.79 Å². The van der Waals surface area contributed by atoms with Gasteiger partial charge in [-0.2, -0.15) is 0 Å². The van der Waals surface area contributed by atoms with E-state index in [1.165, 1.54) is 69.8 Å². The van der Waals surface area contributed by atoms with Gasteiger partial charge in [-0.15, -0.1) is 0 Å². The average Bonchev–Trinajstić information content (AvgIpc) is 2.70. The number of rotatable bonds is 14. The fraction of sp³-hybridized carbons (Fsp3) is 0.458. The Balaban J connectivity index is 1.35. The topological polar surface area (TPSA) is 29.1 Å². The molecule has 2 nitrogen and oxygen atoms in total. The third-order valence-corrected chi connectivity index (χ3v) is 4.86. The van der Waals surface area contributed by atoms with Gasteiger partial charge >= 0.3 is 0 Å². The molecule has 0 amide bonds. The SMILES string of the molecule is O=Cc1ccc(NCCCCCCCCCCCc2ccccc2)cc1. The van der Waals surface area contributed by atoms with Crippen LogP contribution in [0, 0.1) is 0 Å². The van der Waals surface area contributed by atoms with Crippen molar-refractivity contribution in [3.8, 4) is 0 Å². The first-order valence-corrected chi connectivity index (χ1v) is 10.2. The van der Waals surface area contributed by atoms with E-state index in [1.54, 1.807) is 0 Å². The van der Waals surface area contributed by atoms with Gasteiger partial charge in [0.15, 0.2) is 0 Å². The van der Waals surface area contributed by atoms with E-state index in [2.05, 4.69) is 35.6 Å². The van der Waals surface area contributed by atoms with Gasteiger partial charge in [-0.1, -0.05) is 75.3 Å². The van der Waals surface area contributed by atoms with E-state index in [0.29, 0.717) is 0 Å². The van der Waals surface area contributed by atoms with Crippen LogP contribution in [0.4, 0.5) is 5.69 Å². The normalized spacial score (nSPS) is 10.6. The van der Waals surface area contributed by atoms with Crippen LogP contribution in [0.15, 0.2) is 54.6 Å². The third-order valence-electron chi connectivity index (χ3n) is 4.86. The first kappa shape index (κ1) is 20.2. The summed E-state index contributed by atoms with van der Waals surface area (Å²) in [4.78, 5) is 10.6. The minimum absolute atomic E-state index is 0.732. The van der Waals surface area contributed by atoms with E-state index in [9.17, 15) is 4.79 Å². The smallest absolute Gasteiger partial charge is 0.150 e. The number of carbonyl (C=O) groups excluding carboxylic acids is 1. The fourth-order valence-corrected chi connectivity index (χ4v) is 3.25. The van der Waals surface area contributed by atoms with Gasteiger partial charge in [0.1, 0.15) is 6.29 Å². The van der Waals surface area contributed by atoms with Crippen LogP contribution in [0.1, 0.15) is 73.7 Å². The molecule has 0 aliphatic rings. The molecule has 0 aliphatic carbocycles. The fourth-order valence-electron chi connectivity index (χ4n) is 3.25. The van der Waals surface area contributed by atoms with Crippen molar-refractivity contribution in [1.29, 1.82) is 0 Å². The Bertz CT molecular complexity index is 591. The average molecular weight is 352 g/mol. The number of nitrogens with one attached hydrogen (secondary N) is 1. The Morgan fingerprint density at radius 3 is 1.85 bits per heavy atom. The zero-order chi connectivity index (χ0) is 18.3. The number of unbranched alkanes of at least 4 members (excludes halogenated alkanes) is 8. The molecule has 0 radical (unpaired) electrons. The van der Waals surface area contributed by atoms with Crippen molar-refractivity contribution < 1.29 is 4.79 Å². The van der Waals surface area contributed by atoms with Gasteiger partial charge in [0.2, 0.25) is 0 Å². The highest BCUT2D eigenvalue weighted by molar-refractivity contribution is 5.75. The molecule has 2 heteroatoms. The predicted molar refractivity (Wildman–Crippen MR) is 112 cm³/mol. The predicted octanol–water partition coefficient (Wildman–Crippen LogP) is 6.66. The molecule has 26 heavy (non-hydrogen) atoms. The second kappa shape index (κ2) is 13.2. The summed E-state index contributed by atoms with van der Waals surface area (Å²) in [5.41, 5.74) is 3.31.